The van der Waals surface area contributed by atoms with Gasteiger partial charge in [-0.3, -0.25) is 0 Å². The molecule has 0 aromatic heterocycles. The van der Waals surface area contributed by atoms with Gasteiger partial charge in [0.25, 0.3) is 0 Å². The molecule has 146 valence electrons. The molecule has 0 aliphatic rings. The molecule has 0 amide bonds. The Kier molecular flexibility index (Phi) is 7.07. The van der Waals surface area contributed by atoms with Crippen LogP contribution in [0.25, 0.3) is 0 Å². The third-order valence-electron chi connectivity index (χ3n) is 4.23. The molecule has 0 unspecified atom stereocenters. The van der Waals surface area contributed by atoms with E-state index in [0.717, 1.165) is 22.6 Å². The molecule has 0 heterocycles. The quantitative estimate of drug-likeness (QED) is 0.434. The Hall–Kier alpha value is -2.36. The first kappa shape index (κ1) is 20.4. The first-order valence-electron chi connectivity index (χ1n) is 9.18. The van der Waals surface area contributed by atoms with Crippen LogP contribution in [0.4, 0.5) is 5.69 Å². The van der Waals surface area contributed by atoms with E-state index in [2.05, 4.69) is 36.5 Å². The second-order valence-electron chi connectivity index (χ2n) is 6.47. The maximum Gasteiger partial charge on any atom is 0.161 e. The molecule has 0 radical (unpaired) electrons. The highest BCUT2D eigenvalue weighted by molar-refractivity contribution is 6.42. The van der Waals surface area contributed by atoms with Crippen molar-refractivity contribution in [2.45, 2.75) is 27.0 Å². The van der Waals surface area contributed by atoms with Crippen molar-refractivity contribution in [2.24, 2.45) is 0 Å². The summed E-state index contributed by atoms with van der Waals surface area (Å²) < 4.78 is 11.7. The highest BCUT2D eigenvalue weighted by Gasteiger charge is 2.08. The van der Waals surface area contributed by atoms with Crippen molar-refractivity contribution in [1.29, 1.82) is 0 Å². The van der Waals surface area contributed by atoms with E-state index in [9.17, 15) is 0 Å². The Morgan fingerprint density at radius 3 is 2.25 bits per heavy atom. The van der Waals surface area contributed by atoms with Gasteiger partial charge in [0.1, 0.15) is 6.61 Å². The van der Waals surface area contributed by atoms with Crippen LogP contribution in [-0.4, -0.2) is 6.61 Å². The summed E-state index contributed by atoms with van der Waals surface area (Å²) in [6.07, 6.45) is 0. The lowest BCUT2D eigenvalue weighted by atomic mass is 10.2. The van der Waals surface area contributed by atoms with Crippen LogP contribution in [0.3, 0.4) is 0 Å². The standard InChI is InChI=1S/C23H23Cl2NO2/c1-3-27-23-13-17(14-26-19-8-4-16(2)5-9-19)7-11-22(23)28-15-18-6-10-20(24)21(25)12-18/h4-13,26H,3,14-15H2,1-2H3. The van der Waals surface area contributed by atoms with Crippen molar-refractivity contribution >= 4 is 28.9 Å². The number of hydrogen-bond donors (Lipinski definition) is 1. The second-order valence-corrected chi connectivity index (χ2v) is 7.29. The summed E-state index contributed by atoms with van der Waals surface area (Å²) in [7, 11) is 0. The summed E-state index contributed by atoms with van der Waals surface area (Å²) in [6, 6.07) is 19.8. The van der Waals surface area contributed by atoms with Gasteiger partial charge in [0.05, 0.1) is 16.7 Å². The number of benzene rings is 3. The Morgan fingerprint density at radius 1 is 0.786 bits per heavy atom. The number of aryl methyl sites for hydroxylation is 1. The fourth-order valence-corrected chi connectivity index (χ4v) is 3.04. The highest BCUT2D eigenvalue weighted by Crippen LogP contribution is 2.30. The van der Waals surface area contributed by atoms with Crippen LogP contribution in [0, 0.1) is 6.92 Å². The number of rotatable bonds is 8. The van der Waals surface area contributed by atoms with E-state index >= 15 is 0 Å². The highest BCUT2D eigenvalue weighted by atomic mass is 35.5. The number of nitrogens with one attached hydrogen (secondary N) is 1. The van der Waals surface area contributed by atoms with Gasteiger partial charge in [-0.25, -0.2) is 0 Å². The lowest BCUT2D eigenvalue weighted by Gasteiger charge is -2.14. The molecule has 0 saturated carbocycles. The van der Waals surface area contributed by atoms with Crippen molar-refractivity contribution < 1.29 is 9.47 Å². The molecule has 0 atom stereocenters. The van der Waals surface area contributed by atoms with Gasteiger partial charge in [0, 0.05) is 12.2 Å². The van der Waals surface area contributed by atoms with Crippen molar-refractivity contribution in [3.63, 3.8) is 0 Å². The lowest BCUT2D eigenvalue weighted by Crippen LogP contribution is -2.03. The van der Waals surface area contributed by atoms with Crippen LogP contribution in [0.5, 0.6) is 11.5 Å². The van der Waals surface area contributed by atoms with Crippen LogP contribution >= 0.6 is 23.2 Å². The van der Waals surface area contributed by atoms with Crippen LogP contribution in [0.15, 0.2) is 60.7 Å². The molecular weight excluding hydrogens is 393 g/mol. The van der Waals surface area contributed by atoms with Crippen LogP contribution in [-0.2, 0) is 13.2 Å². The monoisotopic (exact) mass is 415 g/mol. The van der Waals surface area contributed by atoms with Crippen LogP contribution < -0.4 is 14.8 Å². The van der Waals surface area contributed by atoms with Crippen molar-refractivity contribution in [2.75, 3.05) is 11.9 Å². The molecule has 0 aliphatic heterocycles. The number of ether oxygens (including phenoxy) is 2. The smallest absolute Gasteiger partial charge is 0.161 e. The molecule has 3 aromatic rings. The fraction of sp³-hybridized carbons (Fsp3) is 0.217. The maximum atomic E-state index is 6.07. The van der Waals surface area contributed by atoms with E-state index in [0.29, 0.717) is 35.6 Å². The number of halogens is 2. The van der Waals surface area contributed by atoms with Crippen LogP contribution in [0.1, 0.15) is 23.6 Å². The first-order chi connectivity index (χ1) is 13.5. The third-order valence-corrected chi connectivity index (χ3v) is 4.97. The molecule has 3 aromatic carbocycles. The Bertz CT molecular complexity index is 926. The zero-order chi connectivity index (χ0) is 19.9. The minimum absolute atomic E-state index is 0.387. The minimum Gasteiger partial charge on any atom is -0.490 e. The molecule has 1 N–H and O–H groups in total. The molecule has 0 aliphatic carbocycles. The summed E-state index contributed by atoms with van der Waals surface area (Å²) in [5, 5.41) is 4.47. The number of hydrogen-bond acceptors (Lipinski definition) is 3. The van der Waals surface area contributed by atoms with Gasteiger partial charge in [0.15, 0.2) is 11.5 Å². The lowest BCUT2D eigenvalue weighted by molar-refractivity contribution is 0.269. The van der Waals surface area contributed by atoms with Gasteiger partial charge < -0.3 is 14.8 Å². The summed E-state index contributed by atoms with van der Waals surface area (Å²) in [4.78, 5) is 0. The van der Waals surface area contributed by atoms with E-state index in [1.54, 1.807) is 6.07 Å². The Labute approximate surface area is 176 Å². The van der Waals surface area contributed by atoms with Crippen molar-refractivity contribution in [1.82, 2.24) is 0 Å². The summed E-state index contributed by atoms with van der Waals surface area (Å²) in [5.41, 5.74) is 4.39. The van der Waals surface area contributed by atoms with E-state index in [1.807, 2.05) is 37.3 Å². The van der Waals surface area contributed by atoms with Crippen molar-refractivity contribution in [3.8, 4) is 11.5 Å². The first-order valence-corrected chi connectivity index (χ1v) is 9.93. The van der Waals surface area contributed by atoms with Crippen molar-refractivity contribution in [3.05, 3.63) is 87.4 Å². The molecule has 0 spiro atoms. The molecule has 0 bridgehead atoms. The minimum atomic E-state index is 0.387. The number of anilines is 1. The molecule has 0 fully saturated rings. The van der Waals surface area contributed by atoms with Gasteiger partial charge in [-0.2, -0.15) is 0 Å². The Morgan fingerprint density at radius 2 is 1.54 bits per heavy atom. The summed E-state index contributed by atoms with van der Waals surface area (Å²) in [6.45, 7) is 5.70. The Balaban J connectivity index is 1.67. The molecule has 5 heteroatoms. The van der Waals surface area contributed by atoms with E-state index < -0.39 is 0 Å². The fourth-order valence-electron chi connectivity index (χ4n) is 2.72. The van der Waals surface area contributed by atoms with E-state index in [4.69, 9.17) is 32.7 Å². The SMILES string of the molecule is CCOc1cc(CNc2ccc(C)cc2)ccc1OCc1ccc(Cl)c(Cl)c1. The summed E-state index contributed by atoms with van der Waals surface area (Å²) in [5.74, 6) is 1.43. The van der Waals surface area contributed by atoms with Gasteiger partial charge in [-0.05, 0) is 61.4 Å². The van der Waals surface area contributed by atoms with Crippen LogP contribution in [0.2, 0.25) is 10.0 Å². The third kappa shape index (κ3) is 5.57. The predicted octanol–water partition coefficient (Wildman–Crippen LogP) is 6.89. The van der Waals surface area contributed by atoms with Gasteiger partial charge in [-0.1, -0.05) is 53.0 Å². The molecular formula is C23H23Cl2NO2. The summed E-state index contributed by atoms with van der Waals surface area (Å²) >= 11 is 12.0. The van der Waals surface area contributed by atoms with Gasteiger partial charge >= 0.3 is 0 Å². The van der Waals surface area contributed by atoms with Gasteiger partial charge in [-0.15, -0.1) is 0 Å². The zero-order valence-electron chi connectivity index (χ0n) is 16.0. The molecule has 28 heavy (non-hydrogen) atoms. The average molecular weight is 416 g/mol. The molecule has 3 nitrogen and oxygen atoms in total. The largest absolute Gasteiger partial charge is 0.490 e. The zero-order valence-corrected chi connectivity index (χ0v) is 17.5. The maximum absolute atomic E-state index is 6.07. The molecule has 3 rings (SSSR count). The normalized spacial score (nSPS) is 10.6. The topological polar surface area (TPSA) is 30.5 Å². The predicted molar refractivity (Wildman–Crippen MR) is 117 cm³/mol. The second kappa shape index (κ2) is 9.72. The molecule has 0 saturated heterocycles. The van der Waals surface area contributed by atoms with E-state index in [1.165, 1.54) is 5.56 Å². The van der Waals surface area contributed by atoms with E-state index in [-0.39, 0.29) is 0 Å². The average Bonchev–Trinajstić information content (AvgIpc) is 2.69. The van der Waals surface area contributed by atoms with Gasteiger partial charge in [0.2, 0.25) is 0 Å².